The molecule has 5 heteroatoms. The van der Waals surface area contributed by atoms with Gasteiger partial charge in [0.15, 0.2) is 0 Å². The van der Waals surface area contributed by atoms with Crippen molar-refractivity contribution in [3.05, 3.63) is 58.3 Å². The molecular formula is C14H12BrFN2O. The predicted molar refractivity (Wildman–Crippen MR) is 77.7 cm³/mol. The van der Waals surface area contributed by atoms with Crippen molar-refractivity contribution in [1.82, 2.24) is 0 Å². The Morgan fingerprint density at radius 3 is 2.47 bits per heavy atom. The molecule has 0 fully saturated rings. The van der Waals surface area contributed by atoms with Crippen LogP contribution >= 0.6 is 15.9 Å². The zero-order valence-electron chi connectivity index (χ0n) is 10.2. The van der Waals surface area contributed by atoms with E-state index in [1.807, 2.05) is 0 Å². The largest absolute Gasteiger partial charge is 0.399 e. The summed E-state index contributed by atoms with van der Waals surface area (Å²) in [4.78, 5) is 13.8. The van der Waals surface area contributed by atoms with Gasteiger partial charge in [0.2, 0.25) is 0 Å². The van der Waals surface area contributed by atoms with Gasteiger partial charge in [-0.25, -0.2) is 4.39 Å². The first kappa shape index (κ1) is 13.5. The van der Waals surface area contributed by atoms with Crippen LogP contribution in [0.15, 0.2) is 46.9 Å². The SMILES string of the molecule is CN(C(=O)c1cc(N)ccc1Br)c1ccc(F)cc1. The maximum atomic E-state index is 12.9. The Morgan fingerprint density at radius 2 is 1.84 bits per heavy atom. The van der Waals surface area contributed by atoms with E-state index >= 15 is 0 Å². The minimum absolute atomic E-state index is 0.217. The number of nitrogens with zero attached hydrogens (tertiary/aromatic N) is 1. The quantitative estimate of drug-likeness (QED) is 0.861. The lowest BCUT2D eigenvalue weighted by molar-refractivity contribution is 0.0992. The topological polar surface area (TPSA) is 46.3 Å². The molecule has 0 saturated heterocycles. The third-order valence-electron chi connectivity index (χ3n) is 2.74. The molecule has 0 heterocycles. The van der Waals surface area contributed by atoms with Crippen LogP contribution in [0.3, 0.4) is 0 Å². The van der Waals surface area contributed by atoms with Crippen molar-refractivity contribution in [2.75, 3.05) is 17.7 Å². The number of carbonyl (C=O) groups is 1. The van der Waals surface area contributed by atoms with Crippen LogP contribution in [-0.4, -0.2) is 13.0 Å². The fraction of sp³-hybridized carbons (Fsp3) is 0.0714. The van der Waals surface area contributed by atoms with Gasteiger partial charge in [-0.3, -0.25) is 4.79 Å². The van der Waals surface area contributed by atoms with E-state index in [2.05, 4.69) is 15.9 Å². The molecule has 1 amide bonds. The van der Waals surface area contributed by atoms with Crippen molar-refractivity contribution in [3.63, 3.8) is 0 Å². The van der Waals surface area contributed by atoms with Gasteiger partial charge in [0.05, 0.1) is 5.56 Å². The van der Waals surface area contributed by atoms with E-state index < -0.39 is 0 Å². The first-order valence-electron chi connectivity index (χ1n) is 5.57. The van der Waals surface area contributed by atoms with E-state index in [0.29, 0.717) is 21.4 Å². The lowest BCUT2D eigenvalue weighted by atomic mass is 10.1. The molecule has 2 N–H and O–H groups in total. The molecule has 0 atom stereocenters. The van der Waals surface area contributed by atoms with Crippen LogP contribution in [0, 0.1) is 5.82 Å². The highest BCUT2D eigenvalue weighted by molar-refractivity contribution is 9.10. The molecule has 0 unspecified atom stereocenters. The molecule has 0 aromatic heterocycles. The van der Waals surface area contributed by atoms with Crippen LogP contribution in [-0.2, 0) is 0 Å². The summed E-state index contributed by atoms with van der Waals surface area (Å²) < 4.78 is 13.5. The molecule has 19 heavy (non-hydrogen) atoms. The Kier molecular flexibility index (Phi) is 3.85. The Bertz CT molecular complexity index is 613. The number of benzene rings is 2. The summed E-state index contributed by atoms with van der Waals surface area (Å²) in [5.41, 5.74) is 7.27. The van der Waals surface area contributed by atoms with E-state index in [0.717, 1.165) is 0 Å². The van der Waals surface area contributed by atoms with Gasteiger partial charge in [0.1, 0.15) is 5.82 Å². The lowest BCUT2D eigenvalue weighted by Crippen LogP contribution is -2.26. The number of nitrogen functional groups attached to an aromatic ring is 1. The van der Waals surface area contributed by atoms with Crippen molar-refractivity contribution in [2.45, 2.75) is 0 Å². The summed E-state index contributed by atoms with van der Waals surface area (Å²) in [6.07, 6.45) is 0. The number of anilines is 2. The maximum Gasteiger partial charge on any atom is 0.259 e. The van der Waals surface area contributed by atoms with Gasteiger partial charge in [-0.2, -0.15) is 0 Å². The Labute approximate surface area is 119 Å². The first-order valence-corrected chi connectivity index (χ1v) is 6.37. The monoisotopic (exact) mass is 322 g/mol. The summed E-state index contributed by atoms with van der Waals surface area (Å²) in [7, 11) is 1.63. The molecule has 0 aliphatic heterocycles. The number of rotatable bonds is 2. The Morgan fingerprint density at radius 1 is 1.21 bits per heavy atom. The van der Waals surface area contributed by atoms with E-state index in [1.165, 1.54) is 17.0 Å². The average Bonchev–Trinajstić information content (AvgIpc) is 2.41. The summed E-state index contributed by atoms with van der Waals surface area (Å²) in [5, 5.41) is 0. The fourth-order valence-electron chi connectivity index (χ4n) is 1.67. The average molecular weight is 323 g/mol. The highest BCUT2D eigenvalue weighted by Gasteiger charge is 2.16. The molecular weight excluding hydrogens is 311 g/mol. The normalized spacial score (nSPS) is 10.3. The number of halogens is 2. The van der Waals surface area contributed by atoms with Crippen LogP contribution in [0.5, 0.6) is 0 Å². The fourth-order valence-corrected chi connectivity index (χ4v) is 2.09. The number of hydrogen-bond acceptors (Lipinski definition) is 2. The van der Waals surface area contributed by atoms with E-state index in [4.69, 9.17) is 5.73 Å². The Hall–Kier alpha value is -1.88. The van der Waals surface area contributed by atoms with Crippen molar-refractivity contribution in [1.29, 1.82) is 0 Å². The van der Waals surface area contributed by atoms with Crippen LogP contribution in [0.1, 0.15) is 10.4 Å². The molecule has 98 valence electrons. The second kappa shape index (κ2) is 5.40. The molecule has 2 rings (SSSR count). The maximum absolute atomic E-state index is 12.9. The number of carbonyl (C=O) groups excluding carboxylic acids is 1. The van der Waals surface area contributed by atoms with Crippen LogP contribution in [0.2, 0.25) is 0 Å². The molecule has 0 aliphatic carbocycles. The molecule has 0 aliphatic rings. The third kappa shape index (κ3) is 2.93. The molecule has 0 bridgehead atoms. The molecule has 0 saturated carbocycles. The van der Waals surface area contributed by atoms with E-state index in [-0.39, 0.29) is 11.7 Å². The standard InChI is InChI=1S/C14H12BrFN2O/c1-18(11-5-2-9(16)3-6-11)14(19)12-8-10(17)4-7-13(12)15/h2-8H,17H2,1H3. The third-order valence-corrected chi connectivity index (χ3v) is 3.43. The summed E-state index contributed by atoms with van der Waals surface area (Å²) in [5.74, 6) is -0.555. The van der Waals surface area contributed by atoms with Crippen molar-refractivity contribution >= 4 is 33.2 Å². The predicted octanol–water partition coefficient (Wildman–Crippen LogP) is 3.45. The molecule has 0 spiro atoms. The van der Waals surface area contributed by atoms with E-state index in [1.54, 1.807) is 37.4 Å². The van der Waals surface area contributed by atoms with Gasteiger partial charge in [-0.1, -0.05) is 0 Å². The Balaban J connectivity index is 2.33. The van der Waals surface area contributed by atoms with Crippen molar-refractivity contribution in [2.24, 2.45) is 0 Å². The van der Waals surface area contributed by atoms with Crippen molar-refractivity contribution < 1.29 is 9.18 Å². The highest BCUT2D eigenvalue weighted by atomic mass is 79.9. The minimum atomic E-state index is -0.338. The zero-order chi connectivity index (χ0) is 14.0. The summed E-state index contributed by atoms with van der Waals surface area (Å²) >= 11 is 3.32. The molecule has 3 nitrogen and oxygen atoms in total. The van der Waals surface area contributed by atoms with E-state index in [9.17, 15) is 9.18 Å². The van der Waals surface area contributed by atoms with Crippen LogP contribution in [0.25, 0.3) is 0 Å². The highest BCUT2D eigenvalue weighted by Crippen LogP contribution is 2.23. The van der Waals surface area contributed by atoms with Crippen LogP contribution in [0.4, 0.5) is 15.8 Å². The smallest absolute Gasteiger partial charge is 0.259 e. The van der Waals surface area contributed by atoms with Gasteiger partial charge in [-0.05, 0) is 58.4 Å². The number of amides is 1. The molecule has 2 aromatic rings. The van der Waals surface area contributed by atoms with Gasteiger partial charge in [0, 0.05) is 22.9 Å². The lowest BCUT2D eigenvalue weighted by Gasteiger charge is -2.18. The van der Waals surface area contributed by atoms with Crippen molar-refractivity contribution in [3.8, 4) is 0 Å². The summed E-state index contributed by atoms with van der Waals surface area (Å²) in [6.45, 7) is 0. The second-order valence-electron chi connectivity index (χ2n) is 4.08. The molecule has 2 aromatic carbocycles. The van der Waals surface area contributed by atoms with Gasteiger partial charge < -0.3 is 10.6 Å². The number of hydrogen-bond donors (Lipinski definition) is 1. The first-order chi connectivity index (χ1) is 8.99. The zero-order valence-corrected chi connectivity index (χ0v) is 11.8. The minimum Gasteiger partial charge on any atom is -0.399 e. The second-order valence-corrected chi connectivity index (χ2v) is 4.93. The van der Waals surface area contributed by atoms with Gasteiger partial charge >= 0.3 is 0 Å². The van der Waals surface area contributed by atoms with Gasteiger partial charge in [0.25, 0.3) is 5.91 Å². The summed E-state index contributed by atoms with van der Waals surface area (Å²) in [6, 6.07) is 10.8. The van der Waals surface area contributed by atoms with Gasteiger partial charge in [-0.15, -0.1) is 0 Å². The van der Waals surface area contributed by atoms with Crippen LogP contribution < -0.4 is 10.6 Å². The molecule has 0 radical (unpaired) electrons. The number of nitrogens with two attached hydrogens (primary N) is 1.